The Morgan fingerprint density at radius 3 is 1.74 bits per heavy atom. The molecule has 0 aliphatic carbocycles. The van der Waals surface area contributed by atoms with E-state index in [4.69, 9.17) is 19.4 Å². The Labute approximate surface area is 408 Å². The third-order valence-corrected chi connectivity index (χ3v) is 16.1. The summed E-state index contributed by atoms with van der Waals surface area (Å²) in [5.41, 5.74) is 12.3. The molecule has 0 saturated carbocycles. The van der Waals surface area contributed by atoms with Crippen LogP contribution in [0.25, 0.3) is 146 Å². The second-order valence-corrected chi connectivity index (χ2v) is 20.1. The summed E-state index contributed by atoms with van der Waals surface area (Å²) in [6.07, 6.45) is 0. The van der Waals surface area contributed by atoms with Crippen LogP contribution < -0.4 is 0 Å². The fourth-order valence-corrected chi connectivity index (χ4v) is 13.0. The summed E-state index contributed by atoms with van der Waals surface area (Å²) < 4.78 is 14.2. The number of rotatable bonds is 6. The van der Waals surface area contributed by atoms with E-state index in [0.717, 1.165) is 60.9 Å². The molecule has 0 unspecified atom stereocenters. The van der Waals surface area contributed by atoms with Gasteiger partial charge in [-0.25, -0.2) is 15.0 Å². The zero-order valence-corrected chi connectivity index (χ0v) is 38.9. The standard InChI is InChI=1S/C63H36N4OS2/c1-2-14-37(15-3-1)61-64-62(40-16-12-17-42(32-40)67-51-23-8-4-18-43(51)44-19-5-9-24-52(44)67)66-63(65-61)48-22-13-25-54-59(48)50-33-39(29-31-53(50)68-54)49-34-41(36-58-60(49)47-21-7-11-27-56(47)70-58)38-28-30-46-45-20-6-10-26-55(45)69-57(46)35-38/h1-36H. The first-order valence-corrected chi connectivity index (χ1v) is 25.0. The minimum absolute atomic E-state index is 0.578. The second kappa shape index (κ2) is 15.4. The first-order chi connectivity index (χ1) is 34.7. The van der Waals surface area contributed by atoms with Crippen molar-refractivity contribution in [2.24, 2.45) is 0 Å². The maximum atomic E-state index is 6.69. The van der Waals surface area contributed by atoms with Crippen LogP contribution in [0.15, 0.2) is 223 Å². The van der Waals surface area contributed by atoms with Crippen molar-refractivity contribution in [1.82, 2.24) is 19.5 Å². The number of hydrogen-bond acceptors (Lipinski definition) is 6. The molecule has 70 heavy (non-hydrogen) atoms. The van der Waals surface area contributed by atoms with Crippen LogP contribution in [0.1, 0.15) is 0 Å². The lowest BCUT2D eigenvalue weighted by molar-refractivity contribution is 0.669. The molecule has 326 valence electrons. The Kier molecular flexibility index (Phi) is 8.63. The summed E-state index contributed by atoms with van der Waals surface area (Å²) in [6.45, 7) is 0. The van der Waals surface area contributed by atoms with Gasteiger partial charge < -0.3 is 8.98 Å². The molecule has 0 amide bonds. The molecule has 10 aromatic carbocycles. The highest BCUT2D eigenvalue weighted by atomic mass is 32.1. The summed E-state index contributed by atoms with van der Waals surface area (Å²) in [7, 11) is 0. The number of para-hydroxylation sites is 2. The molecule has 7 heteroatoms. The molecule has 5 aromatic heterocycles. The SMILES string of the molecule is c1ccc(-c2nc(-c3cccc(-n4c5ccccc5c5ccccc54)c3)nc(-c3cccc4oc5ccc(-c6cc(-c7ccc8c(c7)sc7ccccc78)cc7sc8ccccc8c67)cc5c34)n2)cc1. The van der Waals surface area contributed by atoms with Gasteiger partial charge in [-0.05, 0) is 95.1 Å². The average Bonchev–Trinajstić information content (AvgIpc) is 4.19. The normalized spacial score (nSPS) is 12.0. The number of nitrogens with zero attached hydrogens (tertiary/aromatic N) is 4. The maximum absolute atomic E-state index is 6.69. The van der Waals surface area contributed by atoms with Crippen molar-refractivity contribution in [2.45, 2.75) is 0 Å². The van der Waals surface area contributed by atoms with Crippen LogP contribution in [0.5, 0.6) is 0 Å². The predicted molar refractivity (Wildman–Crippen MR) is 294 cm³/mol. The van der Waals surface area contributed by atoms with Crippen LogP contribution in [-0.2, 0) is 0 Å². The Hall–Kier alpha value is -8.75. The van der Waals surface area contributed by atoms with E-state index in [0.29, 0.717) is 17.5 Å². The quantitative estimate of drug-likeness (QED) is 0.167. The molecular formula is C63H36N4OS2. The lowest BCUT2D eigenvalue weighted by Gasteiger charge is -2.12. The highest BCUT2D eigenvalue weighted by Crippen LogP contribution is 2.46. The molecule has 0 radical (unpaired) electrons. The molecular weight excluding hydrogens is 893 g/mol. The number of thiophene rings is 2. The van der Waals surface area contributed by atoms with E-state index in [2.05, 4.69) is 193 Å². The third-order valence-electron chi connectivity index (χ3n) is 13.8. The summed E-state index contributed by atoms with van der Waals surface area (Å²) in [5.74, 6) is 1.77. The Morgan fingerprint density at radius 2 is 0.929 bits per heavy atom. The van der Waals surface area contributed by atoms with Gasteiger partial charge in [0.1, 0.15) is 11.2 Å². The van der Waals surface area contributed by atoms with Crippen LogP contribution in [0, 0.1) is 0 Å². The van der Waals surface area contributed by atoms with Gasteiger partial charge >= 0.3 is 0 Å². The molecule has 5 nitrogen and oxygen atoms in total. The van der Waals surface area contributed by atoms with Crippen LogP contribution in [0.2, 0.25) is 0 Å². The van der Waals surface area contributed by atoms with Crippen LogP contribution in [0.4, 0.5) is 0 Å². The molecule has 0 atom stereocenters. The number of hydrogen-bond donors (Lipinski definition) is 0. The van der Waals surface area contributed by atoms with Crippen molar-refractivity contribution < 1.29 is 4.42 Å². The third kappa shape index (κ3) is 6.12. The number of benzene rings is 10. The number of fused-ring (bicyclic) bond motifs is 12. The van der Waals surface area contributed by atoms with E-state index in [1.807, 2.05) is 53.0 Å². The molecule has 0 N–H and O–H groups in total. The first kappa shape index (κ1) is 39.3. The van der Waals surface area contributed by atoms with E-state index in [-0.39, 0.29) is 0 Å². The monoisotopic (exact) mass is 928 g/mol. The van der Waals surface area contributed by atoms with E-state index in [1.165, 1.54) is 67.8 Å². The van der Waals surface area contributed by atoms with Gasteiger partial charge in [-0.1, -0.05) is 146 Å². The molecule has 0 aliphatic rings. The van der Waals surface area contributed by atoms with Gasteiger partial charge in [-0.15, -0.1) is 22.7 Å². The van der Waals surface area contributed by atoms with E-state index in [1.54, 1.807) is 0 Å². The number of furan rings is 1. The van der Waals surface area contributed by atoms with Crippen molar-refractivity contribution in [2.75, 3.05) is 0 Å². The van der Waals surface area contributed by atoms with Gasteiger partial charge in [0.25, 0.3) is 0 Å². The minimum atomic E-state index is 0.578. The van der Waals surface area contributed by atoms with Gasteiger partial charge in [0.05, 0.1) is 11.0 Å². The topological polar surface area (TPSA) is 56.7 Å². The highest BCUT2D eigenvalue weighted by Gasteiger charge is 2.21. The van der Waals surface area contributed by atoms with Gasteiger partial charge in [0, 0.05) is 84.3 Å². The van der Waals surface area contributed by atoms with Crippen molar-refractivity contribution in [1.29, 1.82) is 0 Å². The largest absolute Gasteiger partial charge is 0.456 e. The Bertz CT molecular complexity index is 4560. The van der Waals surface area contributed by atoms with Gasteiger partial charge in [-0.3, -0.25) is 0 Å². The highest BCUT2D eigenvalue weighted by molar-refractivity contribution is 7.26. The molecule has 0 spiro atoms. The smallest absolute Gasteiger partial charge is 0.164 e. The fraction of sp³-hybridized carbons (Fsp3) is 0. The second-order valence-electron chi connectivity index (χ2n) is 17.9. The van der Waals surface area contributed by atoms with Crippen molar-refractivity contribution in [3.05, 3.63) is 218 Å². The fourth-order valence-electron chi connectivity index (χ4n) is 10.7. The molecule has 0 bridgehead atoms. The summed E-state index contributed by atoms with van der Waals surface area (Å²) >= 11 is 3.71. The maximum Gasteiger partial charge on any atom is 0.164 e. The number of aromatic nitrogens is 4. The van der Waals surface area contributed by atoms with E-state index < -0.39 is 0 Å². The molecule has 0 saturated heterocycles. The molecule has 5 heterocycles. The van der Waals surface area contributed by atoms with Crippen LogP contribution in [0.3, 0.4) is 0 Å². The molecule has 15 aromatic rings. The minimum Gasteiger partial charge on any atom is -0.456 e. The van der Waals surface area contributed by atoms with E-state index in [9.17, 15) is 0 Å². The van der Waals surface area contributed by atoms with Crippen molar-refractivity contribution in [3.63, 3.8) is 0 Å². The van der Waals surface area contributed by atoms with Gasteiger partial charge in [0.15, 0.2) is 17.5 Å². The molecule has 0 fully saturated rings. The van der Waals surface area contributed by atoms with Crippen LogP contribution >= 0.6 is 22.7 Å². The zero-order valence-electron chi connectivity index (χ0n) is 37.3. The van der Waals surface area contributed by atoms with Crippen molar-refractivity contribution in [3.8, 4) is 62.1 Å². The van der Waals surface area contributed by atoms with Gasteiger partial charge in [0.2, 0.25) is 0 Å². The predicted octanol–water partition coefficient (Wildman–Crippen LogP) is 17.9. The molecule has 15 rings (SSSR count). The molecule has 0 aliphatic heterocycles. The zero-order chi connectivity index (χ0) is 45.9. The first-order valence-electron chi connectivity index (χ1n) is 23.4. The average molecular weight is 929 g/mol. The van der Waals surface area contributed by atoms with Gasteiger partial charge in [-0.2, -0.15) is 0 Å². The lowest BCUT2D eigenvalue weighted by Crippen LogP contribution is -2.01. The Balaban J connectivity index is 0.918. The van der Waals surface area contributed by atoms with Crippen molar-refractivity contribution >= 4 is 107 Å². The summed E-state index contributed by atoms with van der Waals surface area (Å²) in [4.78, 5) is 15.8. The van der Waals surface area contributed by atoms with Crippen LogP contribution in [-0.4, -0.2) is 19.5 Å². The van der Waals surface area contributed by atoms with E-state index >= 15 is 0 Å². The Morgan fingerprint density at radius 1 is 0.314 bits per heavy atom. The lowest BCUT2D eigenvalue weighted by atomic mass is 9.93. The summed E-state index contributed by atoms with van der Waals surface area (Å²) in [5, 5.41) is 9.53. The summed E-state index contributed by atoms with van der Waals surface area (Å²) in [6, 6.07) is 77.9.